The summed E-state index contributed by atoms with van der Waals surface area (Å²) in [5.41, 5.74) is 4.56. The van der Waals surface area contributed by atoms with E-state index in [1.807, 2.05) is 24.3 Å². The molecule has 4 nitrogen and oxygen atoms in total. The van der Waals surface area contributed by atoms with Crippen LogP contribution in [0.1, 0.15) is 100.0 Å². The molecule has 40 heavy (non-hydrogen) atoms. The third kappa shape index (κ3) is 12.9. The van der Waals surface area contributed by atoms with Crippen molar-refractivity contribution >= 4 is 22.9 Å². The maximum atomic E-state index is 14.5. The van der Waals surface area contributed by atoms with E-state index in [1.165, 1.54) is 75.2 Å². The van der Waals surface area contributed by atoms with Crippen LogP contribution in [0.2, 0.25) is 0 Å². The van der Waals surface area contributed by atoms with Crippen molar-refractivity contribution in [3.05, 3.63) is 76.0 Å². The lowest BCUT2D eigenvalue weighted by Crippen LogP contribution is -3.00. The van der Waals surface area contributed by atoms with E-state index in [9.17, 15) is 9.18 Å². The summed E-state index contributed by atoms with van der Waals surface area (Å²) >= 11 is 1.72. The van der Waals surface area contributed by atoms with E-state index in [0.29, 0.717) is 12.2 Å². The number of hydrogen-bond acceptors (Lipinski definition) is 3. The van der Waals surface area contributed by atoms with Gasteiger partial charge in [-0.1, -0.05) is 113 Å². The maximum Gasteiger partial charge on any atom is 0.228 e. The van der Waals surface area contributed by atoms with Gasteiger partial charge in [0.1, 0.15) is 0 Å². The van der Waals surface area contributed by atoms with Crippen molar-refractivity contribution in [1.82, 2.24) is 0 Å². The number of thiazole rings is 1. The van der Waals surface area contributed by atoms with E-state index in [4.69, 9.17) is 4.74 Å². The van der Waals surface area contributed by atoms with Gasteiger partial charge >= 0.3 is 0 Å². The number of amides is 1. The SMILES string of the molecule is CCCCCCCCCCCCCCOc1c(F)cccc1CC(=O)Nc1ccc(C[n+]2csc(C)c2)cc1.[Br-]. The molecule has 0 bridgehead atoms. The van der Waals surface area contributed by atoms with Gasteiger partial charge in [0, 0.05) is 16.8 Å². The molecule has 0 saturated heterocycles. The second-order valence-corrected chi connectivity index (χ2v) is 11.6. The molecule has 2 aromatic carbocycles. The maximum absolute atomic E-state index is 14.5. The zero-order valence-corrected chi connectivity index (χ0v) is 26.6. The number of rotatable bonds is 19. The summed E-state index contributed by atoms with van der Waals surface area (Å²) < 4.78 is 22.5. The van der Waals surface area contributed by atoms with Crippen molar-refractivity contribution in [2.75, 3.05) is 11.9 Å². The van der Waals surface area contributed by atoms with Crippen LogP contribution in [-0.4, -0.2) is 12.5 Å². The first kappa shape index (κ1) is 34.0. The number of ether oxygens (including phenoxy) is 1. The highest BCUT2D eigenvalue weighted by molar-refractivity contribution is 7.09. The van der Waals surface area contributed by atoms with E-state index in [2.05, 4.69) is 35.4 Å². The molecule has 3 aromatic rings. The minimum atomic E-state index is -0.412. The monoisotopic (exact) mass is 632 g/mol. The number of nitrogens with zero attached hydrogens (tertiary/aromatic N) is 1. The molecular weight excluding hydrogens is 587 g/mol. The largest absolute Gasteiger partial charge is 1.00 e. The van der Waals surface area contributed by atoms with Crippen molar-refractivity contribution < 1.29 is 35.5 Å². The molecule has 7 heteroatoms. The Balaban J connectivity index is 0.00000560. The number of unbranched alkanes of at least 4 members (excludes halogenated alkanes) is 11. The predicted molar refractivity (Wildman–Crippen MR) is 160 cm³/mol. The molecule has 0 aliphatic rings. The summed E-state index contributed by atoms with van der Waals surface area (Å²) in [5, 5.41) is 2.93. The highest BCUT2D eigenvalue weighted by Gasteiger charge is 2.14. The average Bonchev–Trinajstić information content (AvgIpc) is 3.33. The Morgan fingerprint density at radius 3 is 2.12 bits per heavy atom. The smallest absolute Gasteiger partial charge is 0.228 e. The van der Waals surface area contributed by atoms with Gasteiger partial charge in [0.25, 0.3) is 0 Å². The molecule has 0 unspecified atom stereocenters. The number of carbonyl (C=O) groups excluding carboxylic acids is 1. The first-order valence-electron chi connectivity index (χ1n) is 14.8. The molecule has 1 amide bonds. The molecule has 0 aliphatic heterocycles. The second kappa shape index (κ2) is 19.8. The topological polar surface area (TPSA) is 42.2 Å². The van der Waals surface area contributed by atoms with Crippen molar-refractivity contribution in [2.45, 2.75) is 104 Å². The minimum Gasteiger partial charge on any atom is -1.00 e. The number of halogens is 2. The van der Waals surface area contributed by atoms with Gasteiger partial charge in [0.2, 0.25) is 11.4 Å². The van der Waals surface area contributed by atoms with Gasteiger partial charge in [-0.2, -0.15) is 4.57 Å². The summed E-state index contributed by atoms with van der Waals surface area (Å²) in [6.07, 6.45) is 17.4. The lowest BCUT2D eigenvalue weighted by Gasteiger charge is -2.13. The third-order valence-electron chi connectivity index (χ3n) is 6.97. The summed E-state index contributed by atoms with van der Waals surface area (Å²) in [6.45, 7) is 5.61. The summed E-state index contributed by atoms with van der Waals surface area (Å²) in [7, 11) is 0. The molecule has 0 spiro atoms. The quantitative estimate of drug-likeness (QED) is 0.134. The van der Waals surface area contributed by atoms with Crippen LogP contribution >= 0.6 is 11.3 Å². The van der Waals surface area contributed by atoms with Crippen LogP contribution in [0.15, 0.2) is 54.2 Å². The Morgan fingerprint density at radius 1 is 0.900 bits per heavy atom. The summed E-state index contributed by atoms with van der Waals surface area (Å²) in [6, 6.07) is 12.6. The lowest BCUT2D eigenvalue weighted by molar-refractivity contribution is -0.683. The number of para-hydroxylation sites is 1. The van der Waals surface area contributed by atoms with Crippen LogP contribution in [0.3, 0.4) is 0 Å². The number of carbonyl (C=O) groups is 1. The van der Waals surface area contributed by atoms with Crippen LogP contribution in [0.4, 0.5) is 10.1 Å². The molecule has 0 aliphatic carbocycles. The van der Waals surface area contributed by atoms with Crippen molar-refractivity contribution in [3.63, 3.8) is 0 Å². The normalized spacial score (nSPS) is 10.8. The number of anilines is 1. The number of benzene rings is 2. The van der Waals surface area contributed by atoms with Gasteiger partial charge in [-0.15, -0.1) is 0 Å². The van der Waals surface area contributed by atoms with Crippen LogP contribution in [0.5, 0.6) is 5.75 Å². The molecule has 1 aromatic heterocycles. The first-order chi connectivity index (χ1) is 19.0. The Kier molecular flexibility index (Phi) is 16.8. The van der Waals surface area contributed by atoms with Crippen LogP contribution in [-0.2, 0) is 17.8 Å². The minimum absolute atomic E-state index is 0. The number of nitrogens with one attached hydrogen (secondary N) is 1. The first-order valence-corrected chi connectivity index (χ1v) is 15.7. The molecule has 0 atom stereocenters. The van der Waals surface area contributed by atoms with Crippen LogP contribution in [0, 0.1) is 12.7 Å². The zero-order valence-electron chi connectivity index (χ0n) is 24.2. The van der Waals surface area contributed by atoms with Gasteiger partial charge in [0.15, 0.2) is 24.3 Å². The summed E-state index contributed by atoms with van der Waals surface area (Å²) in [5.74, 6) is -0.398. The molecule has 1 heterocycles. The zero-order chi connectivity index (χ0) is 27.7. The van der Waals surface area contributed by atoms with Gasteiger partial charge in [-0.25, -0.2) is 4.39 Å². The Morgan fingerprint density at radius 2 is 1.52 bits per heavy atom. The Hall–Kier alpha value is -2.25. The fourth-order valence-corrected chi connectivity index (χ4v) is 5.42. The molecule has 0 fully saturated rings. The lowest BCUT2D eigenvalue weighted by atomic mass is 10.1. The predicted octanol–water partition coefficient (Wildman–Crippen LogP) is 5.80. The average molecular weight is 634 g/mol. The molecule has 3 rings (SSSR count). The molecule has 0 radical (unpaired) electrons. The van der Waals surface area contributed by atoms with Crippen molar-refractivity contribution in [3.8, 4) is 5.75 Å². The van der Waals surface area contributed by atoms with E-state index >= 15 is 0 Å². The van der Waals surface area contributed by atoms with E-state index in [1.54, 1.807) is 23.5 Å². The van der Waals surface area contributed by atoms with Gasteiger partial charge in [-0.05, 0) is 31.5 Å². The Bertz CT molecular complexity index is 1120. The molecule has 1 N–H and O–H groups in total. The highest BCUT2D eigenvalue weighted by atomic mass is 79.9. The molecular formula is C33H46BrFN2O2S. The third-order valence-corrected chi connectivity index (χ3v) is 7.82. The number of hydrogen-bond donors (Lipinski definition) is 1. The van der Waals surface area contributed by atoms with Crippen LogP contribution in [0.25, 0.3) is 0 Å². The fourth-order valence-electron chi connectivity index (χ4n) is 4.78. The van der Waals surface area contributed by atoms with E-state index in [0.717, 1.165) is 30.6 Å². The van der Waals surface area contributed by atoms with Gasteiger partial charge in [0.05, 0.1) is 17.9 Å². The van der Waals surface area contributed by atoms with E-state index < -0.39 is 5.82 Å². The number of aryl methyl sites for hydroxylation is 1. The highest BCUT2D eigenvalue weighted by Crippen LogP contribution is 2.24. The number of aromatic nitrogens is 1. The van der Waals surface area contributed by atoms with Crippen LogP contribution < -0.4 is 31.6 Å². The molecule has 0 saturated carbocycles. The van der Waals surface area contributed by atoms with Crippen molar-refractivity contribution in [2.24, 2.45) is 0 Å². The fraction of sp³-hybridized carbons (Fsp3) is 0.515. The van der Waals surface area contributed by atoms with Gasteiger partial charge < -0.3 is 27.0 Å². The summed E-state index contributed by atoms with van der Waals surface area (Å²) in [4.78, 5) is 14.0. The molecule has 220 valence electrons. The van der Waals surface area contributed by atoms with Crippen molar-refractivity contribution in [1.29, 1.82) is 0 Å². The second-order valence-electron chi connectivity index (χ2n) is 10.5. The Labute approximate surface area is 255 Å². The standard InChI is InChI=1S/C33H45FN2O2S.BrH/c1-3-4-5-6-7-8-9-10-11-12-13-14-22-38-33-29(16-15-17-31(33)34)23-32(37)35-30-20-18-28(19-21-30)25-36-24-27(2)39-26-36;/h15-21,24,26H,3-14,22-23,25H2,1-2H3;1H. The van der Waals surface area contributed by atoms with E-state index in [-0.39, 0.29) is 35.1 Å². The van der Waals surface area contributed by atoms with Gasteiger partial charge in [-0.3, -0.25) is 4.79 Å².